The van der Waals surface area contributed by atoms with Gasteiger partial charge in [-0.05, 0) is 57.9 Å². The molecule has 122 valence electrons. The van der Waals surface area contributed by atoms with Gasteiger partial charge in [-0.25, -0.2) is 0 Å². The number of aromatic nitrogens is 2. The van der Waals surface area contributed by atoms with E-state index in [4.69, 9.17) is 4.74 Å². The molecule has 0 spiro atoms. The summed E-state index contributed by atoms with van der Waals surface area (Å²) in [7, 11) is 0. The summed E-state index contributed by atoms with van der Waals surface area (Å²) in [4.78, 5) is 14.5. The van der Waals surface area contributed by atoms with Crippen LogP contribution in [0.5, 0.6) is 0 Å². The molecular weight excluding hydrogens is 278 g/mol. The first-order valence-electron chi connectivity index (χ1n) is 8.52. The van der Waals surface area contributed by atoms with Gasteiger partial charge in [0.05, 0.1) is 24.9 Å². The number of amides is 1. The second-order valence-electron chi connectivity index (χ2n) is 6.80. The first-order chi connectivity index (χ1) is 10.6. The average molecular weight is 305 g/mol. The highest BCUT2D eigenvalue weighted by Crippen LogP contribution is 2.28. The van der Waals surface area contributed by atoms with Crippen LogP contribution in [0.4, 0.5) is 0 Å². The lowest BCUT2D eigenvalue weighted by Gasteiger charge is -2.36. The topological polar surface area (TPSA) is 47.4 Å². The average Bonchev–Trinajstić information content (AvgIpc) is 3.25. The Labute approximate surface area is 132 Å². The summed E-state index contributed by atoms with van der Waals surface area (Å²) in [5.41, 5.74) is 2.21. The van der Waals surface area contributed by atoms with Crippen molar-refractivity contribution < 1.29 is 9.53 Å². The van der Waals surface area contributed by atoms with Gasteiger partial charge in [0.15, 0.2) is 0 Å². The Hall–Kier alpha value is -1.36. The third-order valence-electron chi connectivity index (χ3n) is 4.71. The minimum absolute atomic E-state index is 0.145. The predicted octanol–water partition coefficient (Wildman–Crippen LogP) is 2.31. The van der Waals surface area contributed by atoms with Crippen LogP contribution in [0.25, 0.3) is 0 Å². The van der Waals surface area contributed by atoms with E-state index in [2.05, 4.69) is 18.1 Å². The fourth-order valence-electron chi connectivity index (χ4n) is 3.26. The number of carbonyl (C=O) groups is 1. The molecule has 2 aliphatic rings. The summed E-state index contributed by atoms with van der Waals surface area (Å²) in [5.74, 6) is 0.853. The van der Waals surface area contributed by atoms with Gasteiger partial charge in [0.25, 0.3) is 0 Å². The molecule has 3 rings (SSSR count). The highest BCUT2D eigenvalue weighted by atomic mass is 16.5. The van der Waals surface area contributed by atoms with Crippen LogP contribution in [0, 0.1) is 19.8 Å². The Balaban J connectivity index is 1.57. The maximum Gasteiger partial charge on any atom is 0.248 e. The molecule has 1 aromatic heterocycles. The molecule has 2 heterocycles. The van der Waals surface area contributed by atoms with Crippen molar-refractivity contribution in [2.45, 2.75) is 58.5 Å². The largest absolute Gasteiger partial charge is 0.371 e. The van der Waals surface area contributed by atoms with E-state index in [1.165, 1.54) is 25.0 Å². The Morgan fingerprint density at radius 3 is 2.82 bits per heavy atom. The van der Waals surface area contributed by atoms with Crippen LogP contribution in [0.1, 0.15) is 43.5 Å². The van der Waals surface area contributed by atoms with Gasteiger partial charge in [-0.2, -0.15) is 5.10 Å². The summed E-state index contributed by atoms with van der Waals surface area (Å²) in [6.07, 6.45) is 5.88. The number of nitrogens with zero attached hydrogens (tertiary/aromatic N) is 3. The fraction of sp³-hybridized carbons (Fsp3) is 0.765. The highest BCUT2D eigenvalue weighted by molar-refractivity contribution is 5.77. The molecule has 1 unspecified atom stereocenters. The zero-order valence-electron chi connectivity index (χ0n) is 13.8. The first kappa shape index (κ1) is 15.5. The molecule has 0 radical (unpaired) electrons. The van der Waals surface area contributed by atoms with E-state index in [-0.39, 0.29) is 18.6 Å². The number of piperidine rings is 1. The Bertz CT molecular complexity index is 522. The standard InChI is InChI=1S/C17H27N3O2/c1-13-9-14(2)20(18-13)10-16-5-3-4-8-19(16)17(21)12-22-11-15-6-7-15/h9,15-16H,3-8,10-12H2,1-2H3. The summed E-state index contributed by atoms with van der Waals surface area (Å²) < 4.78 is 7.62. The molecule has 5 heteroatoms. The maximum atomic E-state index is 12.5. The molecule has 22 heavy (non-hydrogen) atoms. The van der Waals surface area contributed by atoms with Crippen LogP contribution in [0.15, 0.2) is 6.07 Å². The maximum absolute atomic E-state index is 12.5. The molecule has 1 amide bonds. The van der Waals surface area contributed by atoms with Crippen molar-refractivity contribution in [1.29, 1.82) is 0 Å². The summed E-state index contributed by atoms with van der Waals surface area (Å²) in [6.45, 7) is 6.74. The third-order valence-corrected chi connectivity index (χ3v) is 4.71. The van der Waals surface area contributed by atoms with Gasteiger partial charge in [-0.1, -0.05) is 0 Å². The molecule has 0 N–H and O–H groups in total. The van der Waals surface area contributed by atoms with E-state index in [0.29, 0.717) is 5.92 Å². The minimum atomic E-state index is 0.145. The van der Waals surface area contributed by atoms with Crippen LogP contribution >= 0.6 is 0 Å². The van der Waals surface area contributed by atoms with E-state index in [9.17, 15) is 4.79 Å². The van der Waals surface area contributed by atoms with Crippen molar-refractivity contribution in [3.05, 3.63) is 17.5 Å². The lowest BCUT2D eigenvalue weighted by atomic mass is 10.0. The van der Waals surface area contributed by atoms with Crippen LogP contribution in [0.3, 0.4) is 0 Å². The second kappa shape index (κ2) is 6.82. The lowest BCUT2D eigenvalue weighted by Crippen LogP contribution is -2.47. The molecule has 1 saturated carbocycles. The predicted molar refractivity (Wildman–Crippen MR) is 84.6 cm³/mol. The van der Waals surface area contributed by atoms with Gasteiger partial charge in [0.1, 0.15) is 6.61 Å². The number of hydrogen-bond donors (Lipinski definition) is 0. The van der Waals surface area contributed by atoms with Crippen LogP contribution in [0.2, 0.25) is 0 Å². The zero-order chi connectivity index (χ0) is 15.5. The minimum Gasteiger partial charge on any atom is -0.371 e. The van der Waals surface area contributed by atoms with Crippen molar-refractivity contribution in [3.63, 3.8) is 0 Å². The molecule has 0 bridgehead atoms. The third kappa shape index (κ3) is 3.88. The highest BCUT2D eigenvalue weighted by Gasteiger charge is 2.28. The summed E-state index contributed by atoms with van der Waals surface area (Å²) in [5, 5.41) is 4.54. The number of hydrogen-bond acceptors (Lipinski definition) is 3. The molecule has 2 fully saturated rings. The number of ether oxygens (including phenoxy) is 1. The quantitative estimate of drug-likeness (QED) is 0.810. The number of rotatable bonds is 6. The van der Waals surface area contributed by atoms with Crippen molar-refractivity contribution >= 4 is 5.91 Å². The molecule has 5 nitrogen and oxygen atoms in total. The molecule has 1 aliphatic carbocycles. The van der Waals surface area contributed by atoms with Gasteiger partial charge < -0.3 is 9.64 Å². The Morgan fingerprint density at radius 2 is 2.14 bits per heavy atom. The molecule has 1 aliphatic heterocycles. The molecular formula is C17H27N3O2. The van der Waals surface area contributed by atoms with Crippen molar-refractivity contribution in [2.75, 3.05) is 19.8 Å². The number of carbonyl (C=O) groups excluding carboxylic acids is 1. The monoisotopic (exact) mass is 305 g/mol. The lowest BCUT2D eigenvalue weighted by molar-refractivity contribution is -0.140. The first-order valence-corrected chi connectivity index (χ1v) is 8.52. The Kier molecular flexibility index (Phi) is 4.81. The van der Waals surface area contributed by atoms with E-state index in [1.807, 2.05) is 16.5 Å². The summed E-state index contributed by atoms with van der Waals surface area (Å²) >= 11 is 0. The van der Waals surface area contributed by atoms with Crippen LogP contribution in [-0.4, -0.2) is 46.4 Å². The van der Waals surface area contributed by atoms with Gasteiger partial charge in [-0.15, -0.1) is 0 Å². The van der Waals surface area contributed by atoms with Gasteiger partial charge in [-0.3, -0.25) is 9.48 Å². The van der Waals surface area contributed by atoms with Gasteiger partial charge in [0, 0.05) is 12.2 Å². The van der Waals surface area contributed by atoms with Gasteiger partial charge >= 0.3 is 0 Å². The van der Waals surface area contributed by atoms with Crippen molar-refractivity contribution in [3.8, 4) is 0 Å². The summed E-state index contributed by atoms with van der Waals surface area (Å²) in [6, 6.07) is 2.34. The number of likely N-dealkylation sites (tertiary alicyclic amines) is 1. The van der Waals surface area contributed by atoms with Gasteiger partial charge in [0.2, 0.25) is 5.91 Å². The van der Waals surface area contributed by atoms with Crippen molar-refractivity contribution in [1.82, 2.24) is 14.7 Å². The van der Waals surface area contributed by atoms with E-state index in [1.54, 1.807) is 0 Å². The smallest absolute Gasteiger partial charge is 0.248 e. The van der Waals surface area contributed by atoms with Crippen molar-refractivity contribution in [2.24, 2.45) is 5.92 Å². The second-order valence-corrected chi connectivity index (χ2v) is 6.80. The SMILES string of the molecule is Cc1cc(C)n(CC2CCCCN2C(=O)COCC2CC2)n1. The molecule has 1 aromatic rings. The fourth-order valence-corrected chi connectivity index (χ4v) is 3.26. The normalized spacial score (nSPS) is 22.1. The molecule has 1 atom stereocenters. The van der Waals surface area contributed by atoms with Crippen LogP contribution < -0.4 is 0 Å². The zero-order valence-corrected chi connectivity index (χ0v) is 13.8. The Morgan fingerprint density at radius 1 is 1.32 bits per heavy atom. The van der Waals surface area contributed by atoms with Crippen LogP contribution in [-0.2, 0) is 16.1 Å². The molecule has 1 saturated heterocycles. The molecule has 0 aromatic carbocycles. The van der Waals surface area contributed by atoms with E-state index in [0.717, 1.165) is 38.2 Å². The van der Waals surface area contributed by atoms with E-state index < -0.39 is 0 Å². The van der Waals surface area contributed by atoms with E-state index >= 15 is 0 Å². The number of aryl methyl sites for hydroxylation is 2.